The van der Waals surface area contributed by atoms with Gasteiger partial charge in [-0.1, -0.05) is 106 Å². The average Bonchev–Trinajstić information content (AvgIpc) is 2.62. The van der Waals surface area contributed by atoms with Gasteiger partial charge in [-0.3, -0.25) is 0 Å². The molecule has 1 N–H and O–H groups in total. The second-order valence-electron chi connectivity index (χ2n) is 7.01. The van der Waals surface area contributed by atoms with E-state index in [0.717, 1.165) is 0 Å². The highest BCUT2D eigenvalue weighted by Gasteiger charge is 2.49. The summed E-state index contributed by atoms with van der Waals surface area (Å²) in [5.74, 6) is 0. The zero-order valence-electron chi connectivity index (χ0n) is 15.4. The number of benzene rings is 2. The van der Waals surface area contributed by atoms with E-state index in [0.29, 0.717) is 6.61 Å². The van der Waals surface area contributed by atoms with Gasteiger partial charge in [0.25, 0.3) is 8.32 Å². The number of hydrogen-bond acceptors (Lipinski definition) is 2. The van der Waals surface area contributed by atoms with E-state index in [4.69, 9.17) is 9.53 Å². The molecule has 0 saturated heterocycles. The van der Waals surface area contributed by atoms with E-state index in [2.05, 4.69) is 81.4 Å². The molecule has 132 valence electrons. The van der Waals surface area contributed by atoms with Crippen LogP contribution in [0.25, 0.3) is 0 Å². The van der Waals surface area contributed by atoms with Crippen LogP contribution in [0, 0.1) is 0 Å². The van der Waals surface area contributed by atoms with Gasteiger partial charge in [0.2, 0.25) is 0 Å². The van der Waals surface area contributed by atoms with Gasteiger partial charge in [0.1, 0.15) is 0 Å². The van der Waals surface area contributed by atoms with Crippen LogP contribution < -0.4 is 10.4 Å². The quantitative estimate of drug-likeness (QED) is 0.609. The van der Waals surface area contributed by atoms with Gasteiger partial charge in [-0.25, -0.2) is 0 Å². The van der Waals surface area contributed by atoms with Crippen molar-refractivity contribution in [1.82, 2.24) is 0 Å². The first-order valence-electron chi connectivity index (χ1n) is 8.70. The van der Waals surface area contributed by atoms with Crippen LogP contribution in [0.2, 0.25) is 5.04 Å². The number of aliphatic hydroxyl groups excluding tert-OH is 1. The Morgan fingerprint density at radius 3 is 1.76 bits per heavy atom. The third-order valence-electron chi connectivity index (χ3n) is 4.30. The molecule has 0 spiro atoms. The SMILES string of the molecule is CC(C)(C)[Si](OC/C=C/C=C/CO)(c1ccccc1)c1ccccc1. The Morgan fingerprint density at radius 1 is 0.840 bits per heavy atom. The number of aliphatic hydroxyl groups is 1. The summed E-state index contributed by atoms with van der Waals surface area (Å²) in [6.45, 7) is 7.42. The lowest BCUT2D eigenvalue weighted by Crippen LogP contribution is -2.66. The number of hydrogen-bond donors (Lipinski definition) is 1. The first kappa shape index (κ1) is 19.4. The lowest BCUT2D eigenvalue weighted by Gasteiger charge is -2.42. The van der Waals surface area contributed by atoms with Gasteiger partial charge in [-0.2, -0.15) is 0 Å². The molecule has 2 rings (SSSR count). The molecule has 0 heterocycles. The molecule has 3 heteroatoms. The monoisotopic (exact) mass is 352 g/mol. The Bertz CT molecular complexity index is 645. The first-order valence-corrected chi connectivity index (χ1v) is 10.6. The van der Waals surface area contributed by atoms with Crippen molar-refractivity contribution in [1.29, 1.82) is 0 Å². The third kappa shape index (κ3) is 4.57. The zero-order chi connectivity index (χ0) is 18.2. The Labute approximate surface area is 152 Å². The summed E-state index contributed by atoms with van der Waals surface area (Å²) in [6, 6.07) is 21.2. The van der Waals surface area contributed by atoms with E-state index in [1.54, 1.807) is 6.08 Å². The Kier molecular flexibility index (Phi) is 6.94. The maximum Gasteiger partial charge on any atom is 0.261 e. The van der Waals surface area contributed by atoms with Gasteiger partial charge >= 0.3 is 0 Å². The molecule has 2 nitrogen and oxygen atoms in total. The topological polar surface area (TPSA) is 29.5 Å². The predicted octanol–water partition coefficient (Wildman–Crippen LogP) is 3.67. The molecule has 0 radical (unpaired) electrons. The third-order valence-corrected chi connectivity index (χ3v) is 9.31. The molecule has 0 amide bonds. The highest BCUT2D eigenvalue weighted by atomic mass is 28.4. The van der Waals surface area contributed by atoms with Crippen LogP contribution in [0.4, 0.5) is 0 Å². The second kappa shape index (κ2) is 8.95. The van der Waals surface area contributed by atoms with Crippen LogP contribution >= 0.6 is 0 Å². The minimum absolute atomic E-state index is 0.00944. The molecule has 0 saturated carbocycles. The molecule has 0 unspecified atom stereocenters. The fraction of sp³-hybridized carbons (Fsp3) is 0.273. The minimum Gasteiger partial charge on any atom is -0.404 e. The molecule has 0 aliphatic heterocycles. The van der Waals surface area contributed by atoms with E-state index < -0.39 is 8.32 Å². The van der Waals surface area contributed by atoms with Crippen molar-refractivity contribution in [3.63, 3.8) is 0 Å². The van der Waals surface area contributed by atoms with Gasteiger partial charge in [0.15, 0.2) is 0 Å². The predicted molar refractivity (Wildman–Crippen MR) is 109 cm³/mol. The molecule has 2 aromatic rings. The summed E-state index contributed by atoms with van der Waals surface area (Å²) in [5, 5.41) is 11.4. The minimum atomic E-state index is -2.44. The van der Waals surface area contributed by atoms with Crippen molar-refractivity contribution in [3.8, 4) is 0 Å². The van der Waals surface area contributed by atoms with E-state index in [-0.39, 0.29) is 11.6 Å². The molecule has 0 aliphatic rings. The maximum atomic E-state index is 8.81. The molecule has 25 heavy (non-hydrogen) atoms. The Hall–Kier alpha value is -1.94. The summed E-state index contributed by atoms with van der Waals surface area (Å²) in [6.07, 6.45) is 7.48. The maximum absolute atomic E-state index is 8.81. The second-order valence-corrected chi connectivity index (χ2v) is 11.3. The van der Waals surface area contributed by atoms with Crippen LogP contribution in [-0.4, -0.2) is 26.6 Å². The van der Waals surface area contributed by atoms with Crippen LogP contribution in [0.5, 0.6) is 0 Å². The molecule has 2 aromatic carbocycles. The highest BCUT2D eigenvalue weighted by molar-refractivity contribution is 6.99. The summed E-state index contributed by atoms with van der Waals surface area (Å²) in [5.41, 5.74) is 0. The largest absolute Gasteiger partial charge is 0.404 e. The van der Waals surface area contributed by atoms with E-state index in [1.165, 1.54) is 10.4 Å². The van der Waals surface area contributed by atoms with Crippen molar-refractivity contribution < 1.29 is 9.53 Å². The van der Waals surface area contributed by atoms with E-state index in [1.807, 2.05) is 18.2 Å². The summed E-state index contributed by atoms with van der Waals surface area (Å²) >= 11 is 0. The molecular formula is C22H28O2Si. The van der Waals surface area contributed by atoms with Crippen LogP contribution in [0.15, 0.2) is 85.0 Å². The van der Waals surface area contributed by atoms with Crippen LogP contribution in [0.3, 0.4) is 0 Å². The zero-order valence-corrected chi connectivity index (χ0v) is 16.4. The lowest BCUT2D eigenvalue weighted by atomic mass is 10.2. The summed E-state index contributed by atoms with van der Waals surface area (Å²) in [7, 11) is -2.44. The highest BCUT2D eigenvalue weighted by Crippen LogP contribution is 2.36. The fourth-order valence-corrected chi connectivity index (χ4v) is 7.71. The normalized spacial score (nSPS) is 13.0. The lowest BCUT2D eigenvalue weighted by molar-refractivity contribution is 0.339. The van der Waals surface area contributed by atoms with Crippen LogP contribution in [-0.2, 0) is 4.43 Å². The standard InChI is InChI=1S/C22H28O2Si/c1-22(2,3)25(20-14-8-6-9-15-20,21-16-10-7-11-17-21)24-19-13-5-4-12-18-23/h4-17,23H,18-19H2,1-3H3/b12-4+,13-5+. The average molecular weight is 353 g/mol. The number of allylic oxidation sites excluding steroid dienone is 2. The van der Waals surface area contributed by atoms with Gasteiger partial charge < -0.3 is 9.53 Å². The van der Waals surface area contributed by atoms with E-state index in [9.17, 15) is 0 Å². The van der Waals surface area contributed by atoms with Crippen molar-refractivity contribution in [2.75, 3.05) is 13.2 Å². The van der Waals surface area contributed by atoms with Gasteiger partial charge in [0, 0.05) is 0 Å². The Morgan fingerprint density at radius 2 is 1.32 bits per heavy atom. The van der Waals surface area contributed by atoms with E-state index >= 15 is 0 Å². The molecule has 0 atom stereocenters. The summed E-state index contributed by atoms with van der Waals surface area (Å²) in [4.78, 5) is 0. The van der Waals surface area contributed by atoms with Crippen molar-refractivity contribution in [2.45, 2.75) is 25.8 Å². The molecule has 0 bridgehead atoms. The molecule has 0 aliphatic carbocycles. The first-order chi connectivity index (χ1) is 12.0. The van der Waals surface area contributed by atoms with Gasteiger partial charge in [-0.05, 0) is 15.4 Å². The summed E-state index contributed by atoms with van der Waals surface area (Å²) < 4.78 is 6.70. The van der Waals surface area contributed by atoms with Crippen molar-refractivity contribution in [2.24, 2.45) is 0 Å². The van der Waals surface area contributed by atoms with Crippen molar-refractivity contribution in [3.05, 3.63) is 85.0 Å². The van der Waals surface area contributed by atoms with Crippen LogP contribution in [0.1, 0.15) is 20.8 Å². The molecule has 0 aromatic heterocycles. The molecule has 0 fully saturated rings. The van der Waals surface area contributed by atoms with Gasteiger partial charge in [-0.15, -0.1) is 0 Å². The number of rotatable bonds is 7. The molecular weight excluding hydrogens is 324 g/mol. The smallest absolute Gasteiger partial charge is 0.261 e. The Balaban J connectivity index is 2.46. The van der Waals surface area contributed by atoms with Gasteiger partial charge in [0.05, 0.1) is 13.2 Å². The van der Waals surface area contributed by atoms with Crippen molar-refractivity contribution >= 4 is 18.7 Å². The fourth-order valence-electron chi connectivity index (χ4n) is 3.21.